The molecule has 1 N–H and O–H groups in total. The Labute approximate surface area is 137 Å². The van der Waals surface area contributed by atoms with Crippen molar-refractivity contribution in [1.29, 1.82) is 0 Å². The van der Waals surface area contributed by atoms with Crippen LogP contribution in [0.3, 0.4) is 0 Å². The molecule has 0 fully saturated rings. The van der Waals surface area contributed by atoms with E-state index in [-0.39, 0.29) is 12.3 Å². The highest BCUT2D eigenvalue weighted by Gasteiger charge is 2.16. The smallest absolute Gasteiger partial charge is 0.228 e. The van der Waals surface area contributed by atoms with Crippen molar-refractivity contribution >= 4 is 34.8 Å². The van der Waals surface area contributed by atoms with Crippen LogP contribution >= 0.6 is 23.2 Å². The Hall–Kier alpha value is -1.91. The molecule has 0 spiro atoms. The zero-order valence-corrected chi connectivity index (χ0v) is 13.1. The lowest BCUT2D eigenvalue weighted by atomic mass is 10.1. The van der Waals surface area contributed by atoms with E-state index in [2.05, 4.69) is 5.32 Å². The molecule has 0 saturated heterocycles. The van der Waals surface area contributed by atoms with Gasteiger partial charge in [-0.3, -0.25) is 4.79 Å². The van der Waals surface area contributed by atoms with Crippen molar-refractivity contribution in [2.45, 2.75) is 6.42 Å². The van der Waals surface area contributed by atoms with Crippen LogP contribution in [0.4, 0.5) is 5.69 Å². The molecule has 6 heteroatoms. The van der Waals surface area contributed by atoms with E-state index < -0.39 is 0 Å². The molecule has 22 heavy (non-hydrogen) atoms. The summed E-state index contributed by atoms with van der Waals surface area (Å²) in [5.41, 5.74) is 1.25. The monoisotopic (exact) mass is 337 g/mol. The largest absolute Gasteiger partial charge is 0.486 e. The molecule has 114 valence electrons. The Balaban J connectivity index is 1.75. The molecule has 2 aromatic rings. The average Bonchev–Trinajstić information content (AvgIpc) is 2.50. The van der Waals surface area contributed by atoms with Crippen molar-refractivity contribution in [3.8, 4) is 11.5 Å². The molecule has 1 amide bonds. The maximum absolute atomic E-state index is 12.2. The van der Waals surface area contributed by atoms with E-state index >= 15 is 0 Å². The summed E-state index contributed by atoms with van der Waals surface area (Å²) in [6, 6.07) is 10.5. The Kier molecular flexibility index (Phi) is 4.41. The third-order valence-corrected chi connectivity index (χ3v) is 3.90. The number of nitrogens with one attached hydrogen (secondary N) is 1. The second-order valence-electron chi connectivity index (χ2n) is 4.79. The Morgan fingerprint density at radius 3 is 2.45 bits per heavy atom. The highest BCUT2D eigenvalue weighted by atomic mass is 35.5. The van der Waals surface area contributed by atoms with Crippen LogP contribution in [0.1, 0.15) is 5.56 Å². The predicted octanol–water partition coefficient (Wildman–Crippen LogP) is 3.95. The molecule has 0 aliphatic carbocycles. The van der Waals surface area contributed by atoms with Gasteiger partial charge in [0.2, 0.25) is 5.91 Å². The van der Waals surface area contributed by atoms with E-state index in [9.17, 15) is 4.79 Å². The minimum Gasteiger partial charge on any atom is -0.486 e. The third-order valence-electron chi connectivity index (χ3n) is 3.21. The maximum atomic E-state index is 12.2. The number of fused-ring (bicyclic) bond motifs is 1. The molecule has 0 atom stereocenters. The normalized spacial score (nSPS) is 12.8. The number of benzene rings is 2. The quantitative estimate of drug-likeness (QED) is 0.922. The zero-order valence-electron chi connectivity index (χ0n) is 11.6. The summed E-state index contributed by atoms with van der Waals surface area (Å²) in [5, 5.41) is 3.73. The SMILES string of the molecule is O=C(Cc1ccccc1Cl)Nc1cc2c(cc1Cl)OCCO2. The standard InChI is InChI=1S/C16H13Cl2NO3/c17-11-4-2-1-3-10(11)7-16(20)19-13-9-15-14(8-12(13)18)21-5-6-22-15/h1-4,8-9H,5-7H2,(H,19,20). The van der Waals surface area contributed by atoms with Crippen LogP contribution in [-0.2, 0) is 11.2 Å². The van der Waals surface area contributed by atoms with Crippen molar-refractivity contribution in [2.24, 2.45) is 0 Å². The van der Waals surface area contributed by atoms with Gasteiger partial charge in [0.15, 0.2) is 11.5 Å². The summed E-state index contributed by atoms with van der Waals surface area (Å²) in [4.78, 5) is 12.2. The Morgan fingerprint density at radius 2 is 1.73 bits per heavy atom. The number of rotatable bonds is 3. The Morgan fingerprint density at radius 1 is 1.05 bits per heavy atom. The van der Waals surface area contributed by atoms with Crippen molar-refractivity contribution in [1.82, 2.24) is 0 Å². The number of halogens is 2. The van der Waals surface area contributed by atoms with Crippen LogP contribution < -0.4 is 14.8 Å². The van der Waals surface area contributed by atoms with Crippen LogP contribution in [0.25, 0.3) is 0 Å². The van der Waals surface area contributed by atoms with Crippen LogP contribution in [0.5, 0.6) is 11.5 Å². The molecular formula is C16H13Cl2NO3. The number of hydrogen-bond donors (Lipinski definition) is 1. The second kappa shape index (κ2) is 6.46. The first kappa shape index (κ1) is 15.0. The zero-order chi connectivity index (χ0) is 15.5. The highest BCUT2D eigenvalue weighted by Crippen LogP contribution is 2.38. The van der Waals surface area contributed by atoms with Crippen molar-refractivity contribution in [3.05, 3.63) is 52.0 Å². The van der Waals surface area contributed by atoms with Crippen LogP contribution in [-0.4, -0.2) is 19.1 Å². The number of ether oxygens (including phenoxy) is 2. The fraction of sp³-hybridized carbons (Fsp3) is 0.188. The number of carbonyl (C=O) groups excluding carboxylic acids is 1. The first-order valence-corrected chi connectivity index (χ1v) is 7.51. The minimum absolute atomic E-state index is 0.171. The van der Waals surface area contributed by atoms with Crippen molar-refractivity contribution in [3.63, 3.8) is 0 Å². The number of carbonyl (C=O) groups is 1. The minimum atomic E-state index is -0.202. The van der Waals surface area contributed by atoms with Crippen LogP contribution in [0.15, 0.2) is 36.4 Å². The highest BCUT2D eigenvalue weighted by molar-refractivity contribution is 6.34. The van der Waals surface area contributed by atoms with Gasteiger partial charge in [0.25, 0.3) is 0 Å². The average molecular weight is 338 g/mol. The van der Waals surface area contributed by atoms with Gasteiger partial charge in [0.1, 0.15) is 13.2 Å². The third kappa shape index (κ3) is 3.29. The molecule has 1 aliphatic heterocycles. The lowest BCUT2D eigenvalue weighted by molar-refractivity contribution is -0.115. The summed E-state index contributed by atoms with van der Waals surface area (Å²) in [7, 11) is 0. The molecule has 3 rings (SSSR count). The molecule has 0 saturated carbocycles. The molecule has 0 bridgehead atoms. The molecule has 4 nitrogen and oxygen atoms in total. The lowest BCUT2D eigenvalue weighted by Crippen LogP contribution is -2.17. The van der Waals surface area contributed by atoms with Gasteiger partial charge in [-0.1, -0.05) is 41.4 Å². The van der Waals surface area contributed by atoms with E-state index in [0.29, 0.717) is 40.4 Å². The maximum Gasteiger partial charge on any atom is 0.228 e. The van der Waals surface area contributed by atoms with Crippen molar-refractivity contribution < 1.29 is 14.3 Å². The van der Waals surface area contributed by atoms with E-state index in [1.807, 2.05) is 18.2 Å². The molecule has 0 radical (unpaired) electrons. The molecule has 1 aliphatic rings. The molecule has 1 heterocycles. The number of anilines is 1. The van der Waals surface area contributed by atoms with Crippen LogP contribution in [0, 0.1) is 0 Å². The van der Waals surface area contributed by atoms with Gasteiger partial charge >= 0.3 is 0 Å². The van der Waals surface area contributed by atoms with Gasteiger partial charge in [-0.05, 0) is 11.6 Å². The van der Waals surface area contributed by atoms with Gasteiger partial charge in [0, 0.05) is 17.2 Å². The lowest BCUT2D eigenvalue weighted by Gasteiger charge is -2.20. The number of hydrogen-bond acceptors (Lipinski definition) is 3. The Bertz CT molecular complexity index is 719. The van der Waals surface area contributed by atoms with E-state index in [0.717, 1.165) is 5.56 Å². The summed E-state index contributed by atoms with van der Waals surface area (Å²) < 4.78 is 10.9. The van der Waals surface area contributed by atoms with Crippen molar-refractivity contribution in [2.75, 3.05) is 18.5 Å². The van der Waals surface area contributed by atoms with E-state index in [4.69, 9.17) is 32.7 Å². The molecule has 0 unspecified atom stereocenters. The van der Waals surface area contributed by atoms with Gasteiger partial charge in [-0.25, -0.2) is 0 Å². The molecule has 0 aromatic heterocycles. The van der Waals surface area contributed by atoms with Gasteiger partial charge < -0.3 is 14.8 Å². The van der Waals surface area contributed by atoms with Gasteiger partial charge in [0.05, 0.1) is 17.1 Å². The fourth-order valence-electron chi connectivity index (χ4n) is 2.17. The second-order valence-corrected chi connectivity index (χ2v) is 5.61. The summed E-state index contributed by atoms with van der Waals surface area (Å²) >= 11 is 12.2. The topological polar surface area (TPSA) is 47.6 Å². The predicted molar refractivity (Wildman–Crippen MR) is 86.2 cm³/mol. The summed E-state index contributed by atoms with van der Waals surface area (Å²) in [6.07, 6.45) is 0.171. The van der Waals surface area contributed by atoms with Gasteiger partial charge in [-0.2, -0.15) is 0 Å². The number of amides is 1. The molecular weight excluding hydrogens is 325 g/mol. The van der Waals surface area contributed by atoms with Gasteiger partial charge in [-0.15, -0.1) is 0 Å². The summed E-state index contributed by atoms with van der Waals surface area (Å²) in [6.45, 7) is 0.961. The van der Waals surface area contributed by atoms with Crippen LogP contribution in [0.2, 0.25) is 10.0 Å². The molecule has 2 aromatic carbocycles. The van der Waals surface area contributed by atoms with E-state index in [1.165, 1.54) is 0 Å². The fourth-order valence-corrected chi connectivity index (χ4v) is 2.57. The summed E-state index contributed by atoms with van der Waals surface area (Å²) in [5.74, 6) is 0.954. The van der Waals surface area contributed by atoms with E-state index in [1.54, 1.807) is 18.2 Å². The first-order chi connectivity index (χ1) is 10.6. The first-order valence-electron chi connectivity index (χ1n) is 6.76.